The molecule has 0 radical (unpaired) electrons. The standard InChI is InChI=1S/C8H13N/c1-2-7-3-5-8(9)6-4-7/h2-3,8H,1,4-6,9H2. The Morgan fingerprint density at radius 2 is 2.56 bits per heavy atom. The minimum atomic E-state index is 0.397. The van der Waals surface area contributed by atoms with Crippen LogP contribution in [0.15, 0.2) is 24.3 Å². The lowest BCUT2D eigenvalue weighted by Gasteiger charge is -2.15. The molecule has 0 amide bonds. The van der Waals surface area contributed by atoms with Crippen LogP contribution in [0.1, 0.15) is 19.3 Å². The molecule has 0 saturated heterocycles. The zero-order valence-electron chi connectivity index (χ0n) is 5.64. The van der Waals surface area contributed by atoms with Gasteiger partial charge in [0.05, 0.1) is 0 Å². The highest BCUT2D eigenvalue weighted by Gasteiger charge is 2.06. The molecule has 9 heavy (non-hydrogen) atoms. The molecule has 0 aromatic rings. The first kappa shape index (κ1) is 6.56. The molecular formula is C8H13N. The minimum Gasteiger partial charge on any atom is -0.327 e. The highest BCUT2D eigenvalue weighted by molar-refractivity contribution is 5.18. The highest BCUT2D eigenvalue weighted by Crippen LogP contribution is 2.16. The first-order chi connectivity index (χ1) is 4.33. The SMILES string of the molecule is C=CC1=CCC(N)CC1. The van der Waals surface area contributed by atoms with Crippen LogP contribution in [0.3, 0.4) is 0 Å². The molecule has 2 N–H and O–H groups in total. The van der Waals surface area contributed by atoms with E-state index in [4.69, 9.17) is 5.73 Å². The van der Waals surface area contributed by atoms with E-state index in [0.29, 0.717) is 6.04 Å². The highest BCUT2D eigenvalue weighted by atomic mass is 14.6. The Balaban J connectivity index is 2.49. The van der Waals surface area contributed by atoms with Crippen molar-refractivity contribution in [2.24, 2.45) is 5.73 Å². The van der Waals surface area contributed by atoms with E-state index in [9.17, 15) is 0 Å². The Labute approximate surface area is 56.2 Å². The molecule has 0 bridgehead atoms. The summed E-state index contributed by atoms with van der Waals surface area (Å²) in [7, 11) is 0. The van der Waals surface area contributed by atoms with E-state index in [2.05, 4.69) is 12.7 Å². The van der Waals surface area contributed by atoms with Gasteiger partial charge in [-0.2, -0.15) is 0 Å². The summed E-state index contributed by atoms with van der Waals surface area (Å²) in [6.07, 6.45) is 7.37. The second-order valence-corrected chi connectivity index (χ2v) is 2.52. The van der Waals surface area contributed by atoms with Gasteiger partial charge in [0.2, 0.25) is 0 Å². The van der Waals surface area contributed by atoms with E-state index < -0.39 is 0 Å². The molecule has 1 nitrogen and oxygen atoms in total. The Bertz CT molecular complexity index is 136. The quantitative estimate of drug-likeness (QED) is 0.563. The smallest absolute Gasteiger partial charge is 0.00767 e. The maximum atomic E-state index is 5.67. The molecule has 0 aromatic heterocycles. The summed E-state index contributed by atoms with van der Waals surface area (Å²) in [6.45, 7) is 3.70. The lowest BCUT2D eigenvalue weighted by Crippen LogP contribution is -2.21. The lowest BCUT2D eigenvalue weighted by molar-refractivity contribution is 0.596. The van der Waals surface area contributed by atoms with Gasteiger partial charge in [0.25, 0.3) is 0 Å². The topological polar surface area (TPSA) is 26.0 Å². The molecule has 0 spiro atoms. The van der Waals surface area contributed by atoms with E-state index in [-0.39, 0.29) is 0 Å². The summed E-state index contributed by atoms with van der Waals surface area (Å²) in [5.74, 6) is 0. The molecule has 50 valence electrons. The molecule has 1 aliphatic carbocycles. The maximum Gasteiger partial charge on any atom is 0.00767 e. The zero-order chi connectivity index (χ0) is 6.69. The van der Waals surface area contributed by atoms with Crippen molar-refractivity contribution in [1.82, 2.24) is 0 Å². The van der Waals surface area contributed by atoms with Gasteiger partial charge in [0.15, 0.2) is 0 Å². The van der Waals surface area contributed by atoms with Crippen molar-refractivity contribution in [2.75, 3.05) is 0 Å². The zero-order valence-corrected chi connectivity index (χ0v) is 5.64. The first-order valence-corrected chi connectivity index (χ1v) is 3.40. The molecular weight excluding hydrogens is 110 g/mol. The summed E-state index contributed by atoms with van der Waals surface area (Å²) >= 11 is 0. The molecule has 1 rings (SSSR count). The molecule has 1 unspecified atom stereocenters. The summed E-state index contributed by atoms with van der Waals surface area (Å²) in [6, 6.07) is 0.397. The number of hydrogen-bond acceptors (Lipinski definition) is 1. The molecule has 0 aromatic carbocycles. The van der Waals surface area contributed by atoms with Gasteiger partial charge in [0.1, 0.15) is 0 Å². The van der Waals surface area contributed by atoms with Crippen LogP contribution < -0.4 is 5.73 Å². The van der Waals surface area contributed by atoms with Gasteiger partial charge in [-0.05, 0) is 19.3 Å². The fourth-order valence-corrected chi connectivity index (χ4v) is 1.06. The Morgan fingerprint density at radius 3 is 3.00 bits per heavy atom. The predicted octanol–water partition coefficient (Wildman–Crippen LogP) is 1.61. The van der Waals surface area contributed by atoms with Crippen molar-refractivity contribution in [1.29, 1.82) is 0 Å². The average Bonchev–Trinajstić information content (AvgIpc) is 1.90. The molecule has 0 saturated carbocycles. The molecule has 0 fully saturated rings. The van der Waals surface area contributed by atoms with E-state index in [1.165, 1.54) is 5.57 Å². The second-order valence-electron chi connectivity index (χ2n) is 2.52. The van der Waals surface area contributed by atoms with Crippen LogP contribution in [0, 0.1) is 0 Å². The van der Waals surface area contributed by atoms with E-state index in [0.717, 1.165) is 19.3 Å². The van der Waals surface area contributed by atoms with Crippen LogP contribution in [0.4, 0.5) is 0 Å². The fraction of sp³-hybridized carbons (Fsp3) is 0.500. The van der Waals surface area contributed by atoms with Gasteiger partial charge in [-0.25, -0.2) is 0 Å². The second kappa shape index (κ2) is 2.83. The Kier molecular flexibility index (Phi) is 2.06. The maximum absolute atomic E-state index is 5.67. The van der Waals surface area contributed by atoms with E-state index in [1.807, 2.05) is 6.08 Å². The minimum absolute atomic E-state index is 0.397. The summed E-state index contributed by atoms with van der Waals surface area (Å²) in [5, 5.41) is 0. The Hall–Kier alpha value is -0.560. The van der Waals surface area contributed by atoms with Gasteiger partial charge < -0.3 is 5.73 Å². The number of nitrogens with two attached hydrogens (primary N) is 1. The third-order valence-electron chi connectivity index (χ3n) is 1.75. The normalized spacial score (nSPS) is 27.2. The van der Waals surface area contributed by atoms with Gasteiger partial charge in [0, 0.05) is 6.04 Å². The van der Waals surface area contributed by atoms with E-state index in [1.54, 1.807) is 0 Å². The summed E-state index contributed by atoms with van der Waals surface area (Å²) in [5.41, 5.74) is 7.03. The third-order valence-corrected chi connectivity index (χ3v) is 1.75. The average molecular weight is 123 g/mol. The van der Waals surface area contributed by atoms with Crippen LogP contribution in [-0.4, -0.2) is 6.04 Å². The van der Waals surface area contributed by atoms with Crippen molar-refractivity contribution in [3.63, 3.8) is 0 Å². The molecule has 0 aliphatic heterocycles. The third kappa shape index (κ3) is 1.68. The molecule has 1 aliphatic rings. The molecule has 0 heterocycles. The van der Waals surface area contributed by atoms with Crippen molar-refractivity contribution < 1.29 is 0 Å². The van der Waals surface area contributed by atoms with Gasteiger partial charge in [-0.1, -0.05) is 24.3 Å². The summed E-state index contributed by atoms with van der Waals surface area (Å²) < 4.78 is 0. The van der Waals surface area contributed by atoms with Crippen molar-refractivity contribution in [2.45, 2.75) is 25.3 Å². The lowest BCUT2D eigenvalue weighted by atomic mass is 9.96. The van der Waals surface area contributed by atoms with Crippen LogP contribution >= 0.6 is 0 Å². The Morgan fingerprint density at radius 1 is 1.78 bits per heavy atom. The van der Waals surface area contributed by atoms with Crippen LogP contribution in [0.5, 0.6) is 0 Å². The van der Waals surface area contributed by atoms with Crippen LogP contribution in [0.25, 0.3) is 0 Å². The van der Waals surface area contributed by atoms with Crippen molar-refractivity contribution in [3.8, 4) is 0 Å². The first-order valence-electron chi connectivity index (χ1n) is 3.40. The number of rotatable bonds is 1. The number of allylic oxidation sites excluding steroid dienone is 2. The molecule has 1 atom stereocenters. The predicted molar refractivity (Wildman–Crippen MR) is 40.1 cm³/mol. The van der Waals surface area contributed by atoms with Crippen molar-refractivity contribution in [3.05, 3.63) is 24.3 Å². The van der Waals surface area contributed by atoms with E-state index >= 15 is 0 Å². The van der Waals surface area contributed by atoms with Crippen LogP contribution in [-0.2, 0) is 0 Å². The molecule has 1 heteroatoms. The largest absolute Gasteiger partial charge is 0.327 e. The monoisotopic (exact) mass is 123 g/mol. The van der Waals surface area contributed by atoms with Gasteiger partial charge in [-0.3, -0.25) is 0 Å². The van der Waals surface area contributed by atoms with Crippen LogP contribution in [0.2, 0.25) is 0 Å². The van der Waals surface area contributed by atoms with Gasteiger partial charge >= 0.3 is 0 Å². The summed E-state index contributed by atoms with van der Waals surface area (Å²) in [4.78, 5) is 0. The van der Waals surface area contributed by atoms with Gasteiger partial charge in [-0.15, -0.1) is 0 Å². The van der Waals surface area contributed by atoms with Crippen molar-refractivity contribution >= 4 is 0 Å². The fourth-order valence-electron chi connectivity index (χ4n) is 1.06. The number of hydrogen-bond donors (Lipinski definition) is 1.